The summed E-state index contributed by atoms with van der Waals surface area (Å²) < 4.78 is 1.14. The van der Waals surface area contributed by atoms with Gasteiger partial charge < -0.3 is 5.32 Å². The van der Waals surface area contributed by atoms with Crippen molar-refractivity contribution in [3.05, 3.63) is 39.3 Å². The van der Waals surface area contributed by atoms with Crippen LogP contribution in [-0.2, 0) is 0 Å². The summed E-state index contributed by atoms with van der Waals surface area (Å²) in [6.07, 6.45) is 0. The van der Waals surface area contributed by atoms with Crippen LogP contribution >= 0.6 is 27.3 Å². The molecule has 90 valence electrons. The van der Waals surface area contributed by atoms with Gasteiger partial charge in [-0.1, -0.05) is 22.0 Å². The molecule has 2 rings (SSSR count). The van der Waals surface area contributed by atoms with E-state index in [1.807, 2.05) is 7.05 Å². The highest BCUT2D eigenvalue weighted by atomic mass is 79.9. The van der Waals surface area contributed by atoms with Gasteiger partial charge in [0.25, 0.3) is 0 Å². The van der Waals surface area contributed by atoms with E-state index in [4.69, 9.17) is 0 Å². The Balaban J connectivity index is 2.33. The first-order chi connectivity index (χ1) is 8.11. The van der Waals surface area contributed by atoms with Crippen LogP contribution in [-0.4, -0.2) is 12.0 Å². The average Bonchev–Trinajstić information content (AvgIpc) is 2.81. The maximum Gasteiger partial charge on any atom is 0.123 e. The number of aryl methyl sites for hydroxylation is 1. The Morgan fingerprint density at radius 1 is 1.41 bits per heavy atom. The van der Waals surface area contributed by atoms with Crippen molar-refractivity contribution >= 4 is 27.3 Å². The molecule has 0 bridgehead atoms. The molecule has 0 aliphatic carbocycles. The average molecular weight is 311 g/mol. The zero-order valence-corrected chi connectivity index (χ0v) is 12.5. The van der Waals surface area contributed by atoms with E-state index >= 15 is 0 Å². The SMILES string of the molecule is CNC(C)c1csc(-c2ccc(Br)c(C)c2)n1. The number of benzene rings is 1. The molecule has 0 spiro atoms. The van der Waals surface area contributed by atoms with E-state index < -0.39 is 0 Å². The molecular formula is C13H15BrN2S. The third-order valence-corrected chi connectivity index (χ3v) is 4.60. The van der Waals surface area contributed by atoms with E-state index in [0.717, 1.165) is 15.2 Å². The number of aromatic nitrogens is 1. The number of hydrogen-bond donors (Lipinski definition) is 1. The summed E-state index contributed by atoms with van der Waals surface area (Å²) in [6, 6.07) is 6.64. The smallest absolute Gasteiger partial charge is 0.123 e. The molecule has 0 saturated carbocycles. The quantitative estimate of drug-likeness (QED) is 0.920. The Morgan fingerprint density at radius 2 is 2.18 bits per heavy atom. The maximum absolute atomic E-state index is 4.66. The molecule has 0 radical (unpaired) electrons. The van der Waals surface area contributed by atoms with E-state index in [2.05, 4.69) is 63.7 Å². The summed E-state index contributed by atoms with van der Waals surface area (Å²) >= 11 is 5.21. The van der Waals surface area contributed by atoms with E-state index in [0.29, 0.717) is 6.04 Å². The van der Waals surface area contributed by atoms with Crippen LogP contribution in [0.4, 0.5) is 0 Å². The van der Waals surface area contributed by atoms with Crippen LogP contribution in [0.5, 0.6) is 0 Å². The van der Waals surface area contributed by atoms with Gasteiger partial charge in [0, 0.05) is 21.5 Å². The lowest BCUT2D eigenvalue weighted by Gasteiger charge is -2.05. The molecular weight excluding hydrogens is 296 g/mol. The first-order valence-electron chi connectivity index (χ1n) is 5.51. The van der Waals surface area contributed by atoms with Crippen LogP contribution < -0.4 is 5.32 Å². The van der Waals surface area contributed by atoms with Gasteiger partial charge in [-0.25, -0.2) is 4.98 Å². The highest BCUT2D eigenvalue weighted by molar-refractivity contribution is 9.10. The fraction of sp³-hybridized carbons (Fsp3) is 0.308. The number of nitrogens with zero attached hydrogens (tertiary/aromatic N) is 1. The molecule has 0 fully saturated rings. The lowest BCUT2D eigenvalue weighted by molar-refractivity contribution is 0.637. The van der Waals surface area contributed by atoms with Crippen molar-refractivity contribution in [3.8, 4) is 10.6 Å². The maximum atomic E-state index is 4.66. The van der Waals surface area contributed by atoms with Gasteiger partial charge in [0.15, 0.2) is 0 Å². The number of hydrogen-bond acceptors (Lipinski definition) is 3. The molecule has 1 aromatic heterocycles. The molecule has 0 saturated heterocycles. The number of thiazole rings is 1. The summed E-state index contributed by atoms with van der Waals surface area (Å²) in [5.74, 6) is 0. The molecule has 2 nitrogen and oxygen atoms in total. The first-order valence-corrected chi connectivity index (χ1v) is 7.18. The lowest BCUT2D eigenvalue weighted by atomic mass is 10.1. The largest absolute Gasteiger partial charge is 0.312 e. The Hall–Kier alpha value is -0.710. The van der Waals surface area contributed by atoms with Gasteiger partial charge in [0.1, 0.15) is 5.01 Å². The van der Waals surface area contributed by atoms with Crippen molar-refractivity contribution in [2.75, 3.05) is 7.05 Å². The van der Waals surface area contributed by atoms with Crippen molar-refractivity contribution in [2.45, 2.75) is 19.9 Å². The van der Waals surface area contributed by atoms with E-state index in [9.17, 15) is 0 Å². The van der Waals surface area contributed by atoms with Crippen LogP contribution in [0.1, 0.15) is 24.2 Å². The van der Waals surface area contributed by atoms with E-state index in [-0.39, 0.29) is 0 Å². The van der Waals surface area contributed by atoms with Gasteiger partial charge in [0.2, 0.25) is 0 Å². The molecule has 1 atom stereocenters. The van der Waals surface area contributed by atoms with Gasteiger partial charge in [-0.15, -0.1) is 11.3 Å². The van der Waals surface area contributed by atoms with Crippen LogP contribution in [0.2, 0.25) is 0 Å². The Morgan fingerprint density at radius 3 is 2.82 bits per heavy atom. The zero-order chi connectivity index (χ0) is 12.4. The van der Waals surface area contributed by atoms with Crippen LogP contribution in [0.3, 0.4) is 0 Å². The fourth-order valence-electron chi connectivity index (χ4n) is 1.54. The molecule has 0 amide bonds. The van der Waals surface area contributed by atoms with Gasteiger partial charge in [-0.3, -0.25) is 0 Å². The second-order valence-corrected chi connectivity index (χ2v) is 5.76. The van der Waals surface area contributed by atoms with Crippen molar-refractivity contribution < 1.29 is 0 Å². The summed E-state index contributed by atoms with van der Waals surface area (Å²) in [7, 11) is 1.95. The number of rotatable bonds is 3. The van der Waals surface area contributed by atoms with Gasteiger partial charge in [-0.2, -0.15) is 0 Å². The second kappa shape index (κ2) is 5.29. The Labute approximate surface area is 114 Å². The van der Waals surface area contributed by atoms with Crippen LogP contribution in [0.25, 0.3) is 10.6 Å². The van der Waals surface area contributed by atoms with Gasteiger partial charge in [0.05, 0.1) is 5.69 Å². The minimum absolute atomic E-state index is 0.302. The Kier molecular flexibility index (Phi) is 3.97. The molecule has 2 aromatic rings. The van der Waals surface area contributed by atoms with Crippen LogP contribution in [0, 0.1) is 6.92 Å². The van der Waals surface area contributed by atoms with E-state index in [1.165, 1.54) is 11.1 Å². The summed E-state index contributed by atoms with van der Waals surface area (Å²) in [5, 5.41) is 6.40. The topological polar surface area (TPSA) is 24.9 Å². The summed E-state index contributed by atoms with van der Waals surface area (Å²) in [6.45, 7) is 4.21. The number of nitrogens with one attached hydrogen (secondary N) is 1. The molecule has 4 heteroatoms. The molecule has 1 heterocycles. The molecule has 0 aliphatic rings. The van der Waals surface area contributed by atoms with Crippen molar-refractivity contribution in [1.29, 1.82) is 0 Å². The summed E-state index contributed by atoms with van der Waals surface area (Å²) in [4.78, 5) is 4.66. The lowest BCUT2D eigenvalue weighted by Crippen LogP contribution is -2.12. The highest BCUT2D eigenvalue weighted by Crippen LogP contribution is 2.28. The van der Waals surface area contributed by atoms with E-state index in [1.54, 1.807) is 11.3 Å². The Bertz CT molecular complexity index is 522. The standard InChI is InChI=1S/C13H15BrN2S/c1-8-6-10(4-5-11(8)14)13-16-12(7-17-13)9(2)15-3/h4-7,9,15H,1-3H3. The van der Waals surface area contributed by atoms with Crippen molar-refractivity contribution in [2.24, 2.45) is 0 Å². The minimum atomic E-state index is 0.302. The van der Waals surface area contributed by atoms with Crippen molar-refractivity contribution in [1.82, 2.24) is 10.3 Å². The molecule has 0 aliphatic heterocycles. The van der Waals surface area contributed by atoms with Gasteiger partial charge >= 0.3 is 0 Å². The second-order valence-electron chi connectivity index (χ2n) is 4.05. The van der Waals surface area contributed by atoms with Crippen molar-refractivity contribution in [3.63, 3.8) is 0 Å². The zero-order valence-electron chi connectivity index (χ0n) is 10.1. The molecule has 1 N–H and O–H groups in total. The predicted molar refractivity (Wildman–Crippen MR) is 77.5 cm³/mol. The number of halogens is 1. The third kappa shape index (κ3) is 2.76. The minimum Gasteiger partial charge on any atom is -0.312 e. The molecule has 1 unspecified atom stereocenters. The predicted octanol–water partition coefficient (Wildman–Crippen LogP) is 4.16. The normalized spacial score (nSPS) is 12.7. The van der Waals surface area contributed by atoms with Gasteiger partial charge in [-0.05, 0) is 38.6 Å². The fourth-order valence-corrected chi connectivity index (χ4v) is 2.70. The molecule has 1 aromatic carbocycles. The summed E-state index contributed by atoms with van der Waals surface area (Å²) in [5.41, 5.74) is 3.53. The third-order valence-electron chi connectivity index (χ3n) is 2.80. The molecule has 17 heavy (non-hydrogen) atoms. The first kappa shape index (κ1) is 12.7. The monoisotopic (exact) mass is 310 g/mol. The van der Waals surface area contributed by atoms with Crippen LogP contribution in [0.15, 0.2) is 28.1 Å². The highest BCUT2D eigenvalue weighted by Gasteiger charge is 2.09.